The fourth-order valence-electron chi connectivity index (χ4n) is 0.960. The van der Waals surface area contributed by atoms with Crippen LogP contribution in [0.4, 0.5) is 0 Å². The first-order valence-corrected chi connectivity index (χ1v) is 6.93. The summed E-state index contributed by atoms with van der Waals surface area (Å²) in [6, 6.07) is 0. The van der Waals surface area contributed by atoms with Crippen molar-refractivity contribution in [1.82, 2.24) is 0 Å². The molecule has 0 aromatic carbocycles. The predicted octanol–water partition coefficient (Wildman–Crippen LogP) is 1.27. The van der Waals surface area contributed by atoms with Gasteiger partial charge in [-0.05, 0) is 0 Å². The molecule has 0 aliphatic carbocycles. The molecule has 1 saturated heterocycles. The number of hydrogen-bond donors (Lipinski definition) is 0. The first kappa shape index (κ1) is 8.45. The zero-order valence-corrected chi connectivity index (χ0v) is 7.86. The van der Waals surface area contributed by atoms with Gasteiger partial charge < -0.3 is 9.47 Å². The summed E-state index contributed by atoms with van der Waals surface area (Å²) in [6.07, 6.45) is 1.21. The molecule has 0 aromatic rings. The van der Waals surface area contributed by atoms with E-state index in [1.54, 1.807) is 0 Å². The molecular formula is C7H16O2P+. The Hall–Kier alpha value is 0.350. The quantitative estimate of drug-likeness (QED) is 0.571. The van der Waals surface area contributed by atoms with E-state index in [0.29, 0.717) is 0 Å². The fraction of sp³-hybridized carbons (Fsp3) is 1.00. The van der Waals surface area contributed by atoms with Crippen LogP contribution in [-0.2, 0) is 9.47 Å². The van der Waals surface area contributed by atoms with E-state index in [1.165, 1.54) is 0 Å². The summed E-state index contributed by atoms with van der Waals surface area (Å²) in [6.45, 7) is 8.48. The maximum absolute atomic E-state index is 5.33. The second-order valence-electron chi connectivity index (χ2n) is 3.64. The van der Waals surface area contributed by atoms with Crippen molar-refractivity contribution in [2.45, 2.75) is 6.29 Å². The summed E-state index contributed by atoms with van der Waals surface area (Å²) in [5.41, 5.74) is 0. The van der Waals surface area contributed by atoms with Gasteiger partial charge in [0.15, 0.2) is 6.29 Å². The highest BCUT2D eigenvalue weighted by Crippen LogP contribution is 2.47. The summed E-state index contributed by atoms with van der Waals surface area (Å²) in [7, 11) is -0.715. The molecule has 1 heterocycles. The van der Waals surface area contributed by atoms with Crippen LogP contribution < -0.4 is 0 Å². The Morgan fingerprint density at radius 3 is 2.10 bits per heavy atom. The molecule has 0 saturated carbocycles. The van der Waals surface area contributed by atoms with Crippen molar-refractivity contribution in [3.8, 4) is 0 Å². The highest BCUT2D eigenvalue weighted by Gasteiger charge is 2.27. The smallest absolute Gasteiger partial charge is 0.191 e. The van der Waals surface area contributed by atoms with Gasteiger partial charge in [-0.25, -0.2) is 0 Å². The lowest BCUT2D eigenvalue weighted by atomic mass is 10.8. The Labute approximate surface area is 63.2 Å². The minimum atomic E-state index is -0.715. The Morgan fingerprint density at radius 2 is 1.70 bits per heavy atom. The van der Waals surface area contributed by atoms with Crippen molar-refractivity contribution in [3.63, 3.8) is 0 Å². The Kier molecular flexibility index (Phi) is 2.67. The molecule has 2 nitrogen and oxygen atoms in total. The van der Waals surface area contributed by atoms with Crippen LogP contribution in [-0.4, -0.2) is 45.7 Å². The Morgan fingerprint density at radius 1 is 1.20 bits per heavy atom. The molecule has 1 aliphatic rings. The van der Waals surface area contributed by atoms with Crippen molar-refractivity contribution in [1.29, 1.82) is 0 Å². The molecule has 0 aromatic heterocycles. The number of rotatable bonds is 2. The molecule has 0 bridgehead atoms. The summed E-state index contributed by atoms with van der Waals surface area (Å²) in [5.74, 6) is 0. The molecule has 3 heteroatoms. The Bertz CT molecular complexity index is 103. The first-order valence-electron chi connectivity index (χ1n) is 3.61. The lowest BCUT2D eigenvalue weighted by Gasteiger charge is -2.15. The highest BCUT2D eigenvalue weighted by atomic mass is 31.2. The molecule has 10 heavy (non-hydrogen) atoms. The molecule has 0 spiro atoms. The van der Waals surface area contributed by atoms with Gasteiger partial charge in [-0.15, -0.1) is 0 Å². The van der Waals surface area contributed by atoms with Crippen LogP contribution in [0.25, 0.3) is 0 Å². The zero-order valence-electron chi connectivity index (χ0n) is 6.96. The molecule has 0 radical (unpaired) electrons. The van der Waals surface area contributed by atoms with E-state index in [-0.39, 0.29) is 6.29 Å². The van der Waals surface area contributed by atoms with E-state index in [4.69, 9.17) is 9.47 Å². The van der Waals surface area contributed by atoms with Crippen molar-refractivity contribution in [3.05, 3.63) is 0 Å². The summed E-state index contributed by atoms with van der Waals surface area (Å²) in [4.78, 5) is 0. The minimum absolute atomic E-state index is 0.105. The summed E-state index contributed by atoms with van der Waals surface area (Å²) < 4.78 is 10.7. The van der Waals surface area contributed by atoms with E-state index >= 15 is 0 Å². The van der Waals surface area contributed by atoms with Crippen LogP contribution in [0.15, 0.2) is 0 Å². The predicted molar refractivity (Wildman–Crippen MR) is 45.3 cm³/mol. The third-order valence-corrected chi connectivity index (χ3v) is 2.78. The summed E-state index contributed by atoms with van der Waals surface area (Å²) >= 11 is 0. The van der Waals surface area contributed by atoms with Gasteiger partial charge in [0, 0.05) is 27.3 Å². The van der Waals surface area contributed by atoms with Crippen LogP contribution in [0, 0.1) is 0 Å². The molecule has 60 valence electrons. The van der Waals surface area contributed by atoms with Crippen molar-refractivity contribution in [2.75, 3.05) is 39.4 Å². The van der Waals surface area contributed by atoms with Crippen LogP contribution in [0.5, 0.6) is 0 Å². The third-order valence-electron chi connectivity index (χ3n) is 1.39. The molecule has 1 rings (SSSR count). The van der Waals surface area contributed by atoms with Crippen LogP contribution in [0.3, 0.4) is 0 Å². The van der Waals surface area contributed by atoms with E-state index in [1.807, 2.05) is 0 Å². The lowest BCUT2D eigenvalue weighted by Crippen LogP contribution is -2.15. The molecule has 0 amide bonds. The second-order valence-corrected chi connectivity index (χ2v) is 8.59. The lowest BCUT2D eigenvalue weighted by molar-refractivity contribution is -0.0225. The molecular weight excluding hydrogens is 147 g/mol. The van der Waals surface area contributed by atoms with Gasteiger partial charge in [0.25, 0.3) is 0 Å². The van der Waals surface area contributed by atoms with Gasteiger partial charge in [-0.1, -0.05) is 0 Å². The van der Waals surface area contributed by atoms with Crippen molar-refractivity contribution < 1.29 is 9.47 Å². The zero-order chi connectivity index (χ0) is 7.61. The largest absolute Gasteiger partial charge is 0.347 e. The average Bonchev–Trinajstić information content (AvgIpc) is 2.12. The van der Waals surface area contributed by atoms with E-state index in [0.717, 1.165) is 19.4 Å². The van der Waals surface area contributed by atoms with Crippen LogP contribution in [0.1, 0.15) is 0 Å². The van der Waals surface area contributed by atoms with Gasteiger partial charge in [0.1, 0.15) is 6.16 Å². The Balaban J connectivity index is 2.24. The van der Waals surface area contributed by atoms with Gasteiger partial charge in [-0.3, -0.25) is 0 Å². The maximum atomic E-state index is 5.33. The van der Waals surface area contributed by atoms with E-state index in [2.05, 4.69) is 20.0 Å². The SMILES string of the molecule is C[P+](C)(C)CC1OCCO1. The molecule has 1 aliphatic heterocycles. The molecule has 0 N–H and O–H groups in total. The van der Waals surface area contributed by atoms with Gasteiger partial charge in [0.05, 0.1) is 13.2 Å². The highest BCUT2D eigenvalue weighted by molar-refractivity contribution is 7.73. The number of hydrogen-bond acceptors (Lipinski definition) is 2. The monoisotopic (exact) mass is 163 g/mol. The molecule has 0 unspecified atom stereocenters. The van der Waals surface area contributed by atoms with Crippen molar-refractivity contribution in [2.24, 2.45) is 0 Å². The summed E-state index contributed by atoms with van der Waals surface area (Å²) in [5, 5.41) is 0. The van der Waals surface area contributed by atoms with E-state index < -0.39 is 7.26 Å². The maximum Gasteiger partial charge on any atom is 0.191 e. The van der Waals surface area contributed by atoms with E-state index in [9.17, 15) is 0 Å². The van der Waals surface area contributed by atoms with Gasteiger partial charge in [0.2, 0.25) is 0 Å². The third kappa shape index (κ3) is 2.96. The van der Waals surface area contributed by atoms with Gasteiger partial charge in [-0.2, -0.15) is 0 Å². The average molecular weight is 163 g/mol. The fourth-order valence-corrected chi connectivity index (χ4v) is 2.07. The number of ether oxygens (including phenoxy) is 2. The van der Waals surface area contributed by atoms with Crippen LogP contribution >= 0.6 is 7.26 Å². The standard InChI is InChI=1S/C7H16O2P/c1-10(2,3)6-7-8-4-5-9-7/h7H,4-6H2,1-3H3/q+1. The van der Waals surface area contributed by atoms with Crippen LogP contribution in [0.2, 0.25) is 0 Å². The topological polar surface area (TPSA) is 18.5 Å². The second kappa shape index (κ2) is 3.17. The molecule has 0 atom stereocenters. The van der Waals surface area contributed by atoms with Crippen molar-refractivity contribution >= 4 is 7.26 Å². The first-order chi connectivity index (χ1) is 4.58. The minimum Gasteiger partial charge on any atom is -0.347 e. The van der Waals surface area contributed by atoms with Gasteiger partial charge >= 0.3 is 0 Å². The normalized spacial score (nSPS) is 21.9. The molecule has 1 fully saturated rings.